The van der Waals surface area contributed by atoms with Gasteiger partial charge in [-0.2, -0.15) is 0 Å². The zero-order chi connectivity index (χ0) is 42.2. The predicted molar refractivity (Wildman–Crippen MR) is 261 cm³/mol. The smallest absolute Gasteiger partial charge is 0.164 e. The fraction of sp³-hybridized carbons (Fsp3) is 0.0172. The highest BCUT2D eigenvalue weighted by Gasteiger charge is 2.50. The minimum absolute atomic E-state index is 0.585. The molecule has 4 heterocycles. The molecule has 2 aliphatic heterocycles. The third-order valence-corrected chi connectivity index (χ3v) is 14.1. The lowest BCUT2D eigenvalue weighted by Gasteiger charge is -2.49. The largest absolute Gasteiger partial charge is 0.310 e. The summed E-state index contributed by atoms with van der Waals surface area (Å²) < 4.78 is 2.42. The van der Waals surface area contributed by atoms with Crippen LogP contribution < -0.4 is 4.90 Å². The van der Waals surface area contributed by atoms with Gasteiger partial charge in [-0.15, -0.1) is 0 Å². The molecule has 0 saturated carbocycles. The number of nitrogens with zero attached hydrogens (tertiary/aromatic N) is 5. The topological polar surface area (TPSA) is 46.8 Å². The first-order valence-corrected chi connectivity index (χ1v) is 22.4. The molecule has 64 heavy (non-hydrogen) atoms. The van der Waals surface area contributed by atoms with Crippen LogP contribution in [0.1, 0.15) is 22.3 Å². The Balaban J connectivity index is 1.05. The Labute approximate surface area is 375 Å². The van der Waals surface area contributed by atoms with Crippen molar-refractivity contribution >= 4 is 50.6 Å². The highest BCUT2D eigenvalue weighted by molar-refractivity contribution is 7.99. The maximum absolute atomic E-state index is 5.10. The molecule has 0 saturated heterocycles. The molecule has 5 nitrogen and oxygen atoms in total. The molecule has 0 atom stereocenters. The number of aromatic nitrogens is 4. The maximum Gasteiger partial charge on any atom is 0.164 e. The van der Waals surface area contributed by atoms with Gasteiger partial charge in [0.15, 0.2) is 17.5 Å². The van der Waals surface area contributed by atoms with Crippen LogP contribution in [-0.4, -0.2) is 19.5 Å². The van der Waals surface area contributed by atoms with Gasteiger partial charge in [0.05, 0.1) is 27.8 Å². The van der Waals surface area contributed by atoms with Crippen molar-refractivity contribution in [3.63, 3.8) is 0 Å². The molecule has 300 valence electrons. The van der Waals surface area contributed by atoms with Gasteiger partial charge in [-0.1, -0.05) is 182 Å². The van der Waals surface area contributed by atoms with Crippen molar-refractivity contribution in [3.05, 3.63) is 247 Å². The third-order valence-electron chi connectivity index (χ3n) is 12.9. The van der Waals surface area contributed by atoms with Crippen LogP contribution in [0.2, 0.25) is 0 Å². The molecule has 2 aliphatic rings. The third kappa shape index (κ3) is 5.42. The minimum Gasteiger partial charge on any atom is -0.310 e. The number of benzene rings is 9. The summed E-state index contributed by atoms with van der Waals surface area (Å²) in [5.41, 5.74) is 14.2. The fourth-order valence-corrected chi connectivity index (χ4v) is 11.6. The average molecular weight is 836 g/mol. The van der Waals surface area contributed by atoms with Crippen LogP contribution in [0, 0.1) is 0 Å². The monoisotopic (exact) mass is 835 g/mol. The second-order valence-electron chi connectivity index (χ2n) is 16.3. The first-order valence-electron chi connectivity index (χ1n) is 21.6. The molecular formula is C58H37N5S. The van der Waals surface area contributed by atoms with Gasteiger partial charge < -0.3 is 9.47 Å². The molecule has 0 fully saturated rings. The van der Waals surface area contributed by atoms with E-state index in [0.717, 1.165) is 39.1 Å². The average Bonchev–Trinajstić information content (AvgIpc) is 3.72. The lowest BCUT2D eigenvalue weighted by molar-refractivity contribution is 0.695. The Morgan fingerprint density at radius 2 is 0.891 bits per heavy atom. The van der Waals surface area contributed by atoms with Crippen LogP contribution in [0.4, 0.5) is 17.1 Å². The first-order chi connectivity index (χ1) is 31.8. The van der Waals surface area contributed by atoms with Crippen molar-refractivity contribution in [1.29, 1.82) is 0 Å². The summed E-state index contributed by atoms with van der Waals surface area (Å²) >= 11 is 1.89. The summed E-state index contributed by atoms with van der Waals surface area (Å²) in [5.74, 6) is 1.91. The molecule has 0 bridgehead atoms. The summed E-state index contributed by atoms with van der Waals surface area (Å²) in [6, 6.07) is 80.4. The Hall–Kier alpha value is -8.06. The minimum atomic E-state index is -0.585. The number of hydrogen-bond acceptors (Lipinski definition) is 5. The summed E-state index contributed by atoms with van der Waals surface area (Å²) in [6.07, 6.45) is 0. The van der Waals surface area contributed by atoms with E-state index in [0.29, 0.717) is 17.5 Å². The Bertz CT molecular complexity index is 3500. The van der Waals surface area contributed by atoms with Crippen LogP contribution in [0.25, 0.3) is 61.7 Å². The van der Waals surface area contributed by atoms with E-state index in [1.165, 1.54) is 54.2 Å². The zero-order valence-electron chi connectivity index (χ0n) is 34.5. The molecule has 11 aromatic rings. The maximum atomic E-state index is 5.10. The van der Waals surface area contributed by atoms with E-state index < -0.39 is 5.41 Å². The Morgan fingerprint density at radius 3 is 1.56 bits per heavy atom. The van der Waals surface area contributed by atoms with Crippen molar-refractivity contribution < 1.29 is 0 Å². The standard InChI is InChI=1S/C58H37N5S/c1-4-19-38(20-5-1)55-59-56(39-21-6-2-7-22-39)61-57(60-55)40-23-18-26-42(37-40)63-48-31-14-10-27-43(48)53-51(63)36-35-47-54(53)64-52-34-17-13-30-46(52)58(47)44-28-11-15-32-49(44)62(41-24-8-3-9-25-41)50-33-16-12-29-45(50)58/h1-37H. The van der Waals surface area contributed by atoms with Gasteiger partial charge in [-0.3, -0.25) is 0 Å². The van der Waals surface area contributed by atoms with Crippen LogP contribution >= 0.6 is 11.8 Å². The Kier molecular flexibility index (Phi) is 8.30. The van der Waals surface area contributed by atoms with E-state index in [1.54, 1.807) is 0 Å². The summed E-state index contributed by atoms with van der Waals surface area (Å²) in [5, 5.41) is 2.46. The highest BCUT2D eigenvalue weighted by Crippen LogP contribution is 2.64. The number of anilines is 3. The SMILES string of the molecule is c1ccc(-c2nc(-c3ccccc3)nc(-c3cccc(-n4c5ccccc5c5c6c(ccc54)C4(c5ccccc5S6)c5ccccc5N(c5ccccc5)c5ccccc54)c3)n2)cc1. The van der Waals surface area contributed by atoms with Crippen molar-refractivity contribution in [1.82, 2.24) is 19.5 Å². The van der Waals surface area contributed by atoms with E-state index in [2.05, 4.69) is 173 Å². The van der Waals surface area contributed by atoms with E-state index >= 15 is 0 Å². The second kappa shape index (κ2) is 14.5. The van der Waals surface area contributed by atoms with Gasteiger partial charge >= 0.3 is 0 Å². The summed E-state index contributed by atoms with van der Waals surface area (Å²) in [6.45, 7) is 0. The second-order valence-corrected chi connectivity index (χ2v) is 17.4. The molecular weight excluding hydrogens is 799 g/mol. The van der Waals surface area contributed by atoms with E-state index in [9.17, 15) is 0 Å². The molecule has 13 rings (SSSR count). The predicted octanol–water partition coefficient (Wildman–Crippen LogP) is 14.6. The molecule has 6 heteroatoms. The molecule has 0 amide bonds. The van der Waals surface area contributed by atoms with Crippen LogP contribution in [0.3, 0.4) is 0 Å². The summed E-state index contributed by atoms with van der Waals surface area (Å²) in [4.78, 5) is 20.1. The normalized spacial score (nSPS) is 13.3. The van der Waals surface area contributed by atoms with Crippen LogP contribution in [-0.2, 0) is 5.41 Å². The fourth-order valence-electron chi connectivity index (χ4n) is 10.2. The van der Waals surface area contributed by atoms with Gasteiger partial charge in [-0.05, 0) is 76.9 Å². The van der Waals surface area contributed by atoms with Gasteiger partial charge in [-0.25, -0.2) is 15.0 Å². The van der Waals surface area contributed by atoms with Crippen LogP contribution in [0.15, 0.2) is 234 Å². The molecule has 9 aromatic carbocycles. The molecule has 0 aliphatic carbocycles. The summed E-state index contributed by atoms with van der Waals surface area (Å²) in [7, 11) is 0. The van der Waals surface area contributed by atoms with Gasteiger partial charge in [0.25, 0.3) is 0 Å². The molecule has 0 unspecified atom stereocenters. The van der Waals surface area contributed by atoms with E-state index in [1.807, 2.05) is 72.4 Å². The number of rotatable bonds is 5. The number of fused-ring (bicyclic) bond motifs is 12. The van der Waals surface area contributed by atoms with Crippen molar-refractivity contribution in [2.75, 3.05) is 4.90 Å². The number of para-hydroxylation sites is 4. The van der Waals surface area contributed by atoms with Gasteiger partial charge in [0, 0.05) is 48.6 Å². The van der Waals surface area contributed by atoms with Gasteiger partial charge in [0.2, 0.25) is 0 Å². The molecule has 2 aromatic heterocycles. The lowest BCUT2D eigenvalue weighted by atomic mass is 9.62. The Morgan fingerprint density at radius 1 is 0.375 bits per heavy atom. The molecule has 0 N–H and O–H groups in total. The van der Waals surface area contributed by atoms with E-state index in [4.69, 9.17) is 15.0 Å². The highest BCUT2D eigenvalue weighted by atomic mass is 32.2. The molecule has 0 radical (unpaired) electrons. The number of hydrogen-bond donors (Lipinski definition) is 0. The first kappa shape index (κ1) is 36.6. The quantitative estimate of drug-likeness (QED) is 0.173. The zero-order valence-corrected chi connectivity index (χ0v) is 35.3. The van der Waals surface area contributed by atoms with Crippen molar-refractivity contribution in [3.8, 4) is 39.9 Å². The van der Waals surface area contributed by atoms with Crippen molar-refractivity contribution in [2.45, 2.75) is 15.2 Å². The molecule has 1 spiro atoms. The van der Waals surface area contributed by atoms with Crippen LogP contribution in [0.5, 0.6) is 0 Å². The van der Waals surface area contributed by atoms with Gasteiger partial charge in [0.1, 0.15) is 0 Å². The van der Waals surface area contributed by atoms with Crippen molar-refractivity contribution in [2.24, 2.45) is 0 Å². The lowest BCUT2D eigenvalue weighted by Crippen LogP contribution is -2.39. The van der Waals surface area contributed by atoms with E-state index in [-0.39, 0.29) is 0 Å².